The minimum atomic E-state index is -0.517. The van der Waals surface area contributed by atoms with Crippen LogP contribution in [0.3, 0.4) is 0 Å². The van der Waals surface area contributed by atoms with Gasteiger partial charge in [-0.05, 0) is 32.4 Å². The molecule has 3 N–H and O–H groups in total. The molecule has 0 radical (unpaired) electrons. The largest absolute Gasteiger partial charge is 0.444 e. The van der Waals surface area contributed by atoms with E-state index in [4.69, 9.17) is 10.5 Å². The maximum absolute atomic E-state index is 11.7. The first-order valence-electron chi connectivity index (χ1n) is 5.77. The number of carbonyl (C=O) groups is 1. The summed E-state index contributed by atoms with van der Waals surface area (Å²) in [5.41, 5.74) is 6.11. The zero-order valence-corrected chi connectivity index (χ0v) is 12.5. The van der Waals surface area contributed by atoms with Crippen LogP contribution in [0.5, 0.6) is 0 Å². The number of hydrogen-bond donors (Lipinski definition) is 2. The maximum atomic E-state index is 11.7. The van der Waals surface area contributed by atoms with E-state index in [-0.39, 0.29) is 6.04 Å². The Kier molecular flexibility index (Phi) is 5.16. The van der Waals surface area contributed by atoms with Crippen molar-refractivity contribution in [2.45, 2.75) is 32.4 Å². The zero-order chi connectivity index (χ0) is 13.8. The van der Waals surface area contributed by atoms with Gasteiger partial charge in [-0.3, -0.25) is 0 Å². The average molecular weight is 315 g/mol. The average Bonchev–Trinajstić information content (AvgIpc) is 2.24. The van der Waals surface area contributed by atoms with Gasteiger partial charge >= 0.3 is 6.09 Å². The number of alkyl carbamates (subject to hydrolysis) is 1. The highest BCUT2D eigenvalue weighted by atomic mass is 79.9. The Bertz CT molecular complexity index is 416. The highest BCUT2D eigenvalue weighted by molar-refractivity contribution is 9.10. The molecule has 0 bridgehead atoms. The van der Waals surface area contributed by atoms with Gasteiger partial charge in [0.2, 0.25) is 0 Å². The number of halogens is 1. The third-order valence-electron chi connectivity index (χ3n) is 2.21. The normalized spacial score (nSPS) is 12.9. The molecule has 1 aromatic carbocycles. The van der Waals surface area contributed by atoms with E-state index in [0.717, 1.165) is 10.0 Å². The first-order valence-corrected chi connectivity index (χ1v) is 6.57. The lowest BCUT2D eigenvalue weighted by Crippen LogP contribution is -2.37. The first kappa shape index (κ1) is 15.0. The Balaban J connectivity index is 2.74. The molecule has 1 atom stereocenters. The van der Waals surface area contributed by atoms with Crippen LogP contribution in [-0.2, 0) is 4.74 Å². The van der Waals surface area contributed by atoms with Crippen LogP contribution >= 0.6 is 15.9 Å². The molecule has 1 aromatic rings. The van der Waals surface area contributed by atoms with Gasteiger partial charge < -0.3 is 15.8 Å². The second kappa shape index (κ2) is 6.20. The molecule has 5 heteroatoms. The lowest BCUT2D eigenvalue weighted by Gasteiger charge is -2.23. The Labute approximate surface area is 116 Å². The van der Waals surface area contributed by atoms with Crippen molar-refractivity contribution < 1.29 is 9.53 Å². The van der Waals surface area contributed by atoms with Crippen LogP contribution in [0.1, 0.15) is 32.4 Å². The van der Waals surface area contributed by atoms with Crippen molar-refractivity contribution in [3.63, 3.8) is 0 Å². The van der Waals surface area contributed by atoms with Crippen molar-refractivity contribution in [2.75, 3.05) is 6.54 Å². The molecule has 0 heterocycles. The van der Waals surface area contributed by atoms with Gasteiger partial charge in [0.1, 0.15) is 5.60 Å². The predicted octanol–water partition coefficient (Wildman–Crippen LogP) is 2.97. The molecule has 1 amide bonds. The van der Waals surface area contributed by atoms with E-state index >= 15 is 0 Å². The predicted molar refractivity (Wildman–Crippen MR) is 75.3 cm³/mol. The van der Waals surface area contributed by atoms with Gasteiger partial charge in [-0.25, -0.2) is 4.79 Å². The van der Waals surface area contributed by atoms with E-state index in [2.05, 4.69) is 21.2 Å². The molecule has 4 nitrogen and oxygen atoms in total. The topological polar surface area (TPSA) is 64.3 Å². The number of carbonyl (C=O) groups excluding carboxylic acids is 1. The lowest BCUT2D eigenvalue weighted by molar-refractivity contribution is 0.0505. The van der Waals surface area contributed by atoms with Crippen LogP contribution in [0.15, 0.2) is 28.7 Å². The van der Waals surface area contributed by atoms with Gasteiger partial charge in [0.05, 0.1) is 6.04 Å². The van der Waals surface area contributed by atoms with E-state index in [1.165, 1.54) is 0 Å². The summed E-state index contributed by atoms with van der Waals surface area (Å²) in [6, 6.07) is 7.37. The van der Waals surface area contributed by atoms with E-state index in [9.17, 15) is 4.79 Å². The van der Waals surface area contributed by atoms with Crippen molar-refractivity contribution in [1.29, 1.82) is 0 Å². The smallest absolute Gasteiger partial charge is 0.408 e. The van der Waals surface area contributed by atoms with Crippen molar-refractivity contribution >= 4 is 22.0 Å². The lowest BCUT2D eigenvalue weighted by atomic mass is 10.1. The van der Waals surface area contributed by atoms with E-state index in [1.807, 2.05) is 45.0 Å². The fourth-order valence-electron chi connectivity index (χ4n) is 1.47. The number of nitrogens with one attached hydrogen (secondary N) is 1. The summed E-state index contributed by atoms with van der Waals surface area (Å²) in [5.74, 6) is 0. The molecule has 0 aliphatic rings. The summed E-state index contributed by atoms with van der Waals surface area (Å²) in [7, 11) is 0. The fourth-order valence-corrected chi connectivity index (χ4v) is 2.03. The van der Waals surface area contributed by atoms with Crippen molar-refractivity contribution in [3.05, 3.63) is 34.3 Å². The summed E-state index contributed by atoms with van der Waals surface area (Å²) < 4.78 is 6.12. The van der Waals surface area contributed by atoms with Gasteiger partial charge in [-0.2, -0.15) is 0 Å². The molecular weight excluding hydrogens is 296 g/mol. The number of ether oxygens (including phenoxy) is 1. The van der Waals surface area contributed by atoms with Gasteiger partial charge in [0.25, 0.3) is 0 Å². The minimum absolute atomic E-state index is 0.268. The fraction of sp³-hybridized carbons (Fsp3) is 0.462. The quantitative estimate of drug-likeness (QED) is 0.901. The van der Waals surface area contributed by atoms with Crippen LogP contribution in [0.4, 0.5) is 4.79 Å². The first-order chi connectivity index (χ1) is 8.33. The molecule has 18 heavy (non-hydrogen) atoms. The summed E-state index contributed by atoms with van der Waals surface area (Å²) in [5, 5.41) is 2.76. The summed E-state index contributed by atoms with van der Waals surface area (Å²) in [6.07, 6.45) is -0.464. The van der Waals surface area contributed by atoms with Gasteiger partial charge in [-0.1, -0.05) is 34.1 Å². The molecule has 0 aliphatic carbocycles. The number of amides is 1. The number of rotatable bonds is 3. The molecule has 0 saturated heterocycles. The Morgan fingerprint density at radius 3 is 2.56 bits per heavy atom. The van der Waals surface area contributed by atoms with E-state index < -0.39 is 11.7 Å². The zero-order valence-electron chi connectivity index (χ0n) is 10.9. The molecule has 0 saturated carbocycles. The van der Waals surface area contributed by atoms with Gasteiger partial charge in [-0.15, -0.1) is 0 Å². The van der Waals surface area contributed by atoms with Gasteiger partial charge in [0, 0.05) is 11.0 Å². The van der Waals surface area contributed by atoms with Crippen LogP contribution in [0, 0.1) is 0 Å². The molecule has 1 unspecified atom stereocenters. The number of hydrogen-bond acceptors (Lipinski definition) is 3. The molecule has 100 valence electrons. The highest BCUT2D eigenvalue weighted by Crippen LogP contribution is 2.22. The monoisotopic (exact) mass is 314 g/mol. The standard InChI is InChI=1S/C13H19BrN2O2/c1-13(2,3)18-12(17)16-11(8-15)9-6-4-5-7-10(9)14/h4-7,11H,8,15H2,1-3H3,(H,16,17). The van der Waals surface area contributed by atoms with E-state index in [0.29, 0.717) is 6.54 Å². The summed E-state index contributed by atoms with van der Waals surface area (Å²) in [4.78, 5) is 11.7. The second-order valence-corrected chi connectivity index (χ2v) is 5.81. The minimum Gasteiger partial charge on any atom is -0.444 e. The molecular formula is C13H19BrN2O2. The SMILES string of the molecule is CC(C)(C)OC(=O)NC(CN)c1ccccc1Br. The van der Waals surface area contributed by atoms with Crippen LogP contribution in [-0.4, -0.2) is 18.2 Å². The molecule has 0 aliphatic heterocycles. The summed E-state index contributed by atoms with van der Waals surface area (Å²) >= 11 is 3.44. The van der Waals surface area contributed by atoms with Crippen molar-refractivity contribution in [1.82, 2.24) is 5.32 Å². The van der Waals surface area contributed by atoms with Crippen LogP contribution < -0.4 is 11.1 Å². The molecule has 1 rings (SSSR count). The third-order valence-corrected chi connectivity index (χ3v) is 2.93. The second-order valence-electron chi connectivity index (χ2n) is 4.96. The highest BCUT2D eigenvalue weighted by Gasteiger charge is 2.20. The molecule has 0 aromatic heterocycles. The number of nitrogens with two attached hydrogens (primary N) is 1. The number of benzene rings is 1. The van der Waals surface area contributed by atoms with Crippen LogP contribution in [0.25, 0.3) is 0 Å². The summed E-state index contributed by atoms with van der Waals surface area (Å²) in [6.45, 7) is 5.77. The maximum Gasteiger partial charge on any atom is 0.408 e. The Hall–Kier alpha value is -1.07. The molecule has 0 spiro atoms. The van der Waals surface area contributed by atoms with Crippen molar-refractivity contribution in [3.8, 4) is 0 Å². The Morgan fingerprint density at radius 2 is 2.06 bits per heavy atom. The molecule has 0 fully saturated rings. The van der Waals surface area contributed by atoms with E-state index in [1.54, 1.807) is 0 Å². The third kappa shape index (κ3) is 4.66. The van der Waals surface area contributed by atoms with Crippen LogP contribution in [0.2, 0.25) is 0 Å². The van der Waals surface area contributed by atoms with Crippen molar-refractivity contribution in [2.24, 2.45) is 5.73 Å². The Morgan fingerprint density at radius 1 is 1.44 bits per heavy atom. The van der Waals surface area contributed by atoms with Gasteiger partial charge in [0.15, 0.2) is 0 Å².